The zero-order valence-electron chi connectivity index (χ0n) is 19.2. The molecule has 4 rings (SSSR count). The summed E-state index contributed by atoms with van der Waals surface area (Å²) in [6.07, 6.45) is 4.85. The molecule has 0 saturated heterocycles. The average molecular weight is 486 g/mol. The normalized spacial score (nSPS) is 11.3. The van der Waals surface area contributed by atoms with E-state index in [4.69, 9.17) is 4.98 Å². The first-order valence-electron chi connectivity index (χ1n) is 10.4. The average Bonchev–Trinajstić information content (AvgIpc) is 3.12. The van der Waals surface area contributed by atoms with Crippen LogP contribution in [0.1, 0.15) is 5.82 Å². The fourth-order valence-electron chi connectivity index (χ4n) is 3.67. The lowest BCUT2D eigenvalue weighted by Gasteiger charge is -2.19. The number of aromatic nitrogens is 3. The summed E-state index contributed by atoms with van der Waals surface area (Å²) >= 11 is 0. The third-order valence-electron chi connectivity index (χ3n) is 5.71. The van der Waals surface area contributed by atoms with E-state index < -0.39 is 10.0 Å². The zero-order chi connectivity index (χ0) is 22.9. The number of hydrogen-bond acceptors (Lipinski definition) is 4. The number of nitrogens with zero attached hydrogens (tertiary/aromatic N) is 5. The van der Waals surface area contributed by atoms with E-state index in [1.54, 1.807) is 31.3 Å². The van der Waals surface area contributed by atoms with Gasteiger partial charge >= 0.3 is 0 Å². The van der Waals surface area contributed by atoms with Crippen molar-refractivity contribution in [2.75, 3.05) is 30.3 Å². The number of anilines is 2. The van der Waals surface area contributed by atoms with Gasteiger partial charge in [0.1, 0.15) is 5.82 Å². The maximum atomic E-state index is 13.1. The second-order valence-electron chi connectivity index (χ2n) is 7.98. The van der Waals surface area contributed by atoms with E-state index >= 15 is 0 Å². The maximum absolute atomic E-state index is 13.1. The molecule has 0 unspecified atom stereocenters. The molecule has 174 valence electrons. The second-order valence-corrected chi connectivity index (χ2v) is 9.95. The van der Waals surface area contributed by atoms with Crippen LogP contribution >= 0.6 is 0 Å². The van der Waals surface area contributed by atoms with Gasteiger partial charge in [0.15, 0.2) is 18.9 Å². The number of hydrogen-bond donors (Lipinski definition) is 0. The number of aryl methyl sites for hydroxylation is 3. The van der Waals surface area contributed by atoms with Crippen LogP contribution in [0.15, 0.2) is 78.0 Å². The highest BCUT2D eigenvalue weighted by atomic mass is 35.5. The molecule has 0 aliphatic carbocycles. The molecule has 4 aromatic rings. The number of fused-ring (bicyclic) bond motifs is 1. The molecule has 0 amide bonds. The molecule has 0 fully saturated rings. The molecule has 0 spiro atoms. The highest BCUT2D eigenvalue weighted by molar-refractivity contribution is 7.92. The van der Waals surface area contributed by atoms with E-state index in [9.17, 15) is 8.42 Å². The quantitative estimate of drug-likeness (QED) is 0.346. The molecule has 0 radical (unpaired) electrons. The number of rotatable bonds is 7. The van der Waals surface area contributed by atoms with Crippen molar-refractivity contribution in [3.63, 3.8) is 0 Å². The van der Waals surface area contributed by atoms with Crippen LogP contribution in [0, 0.1) is 0 Å². The van der Waals surface area contributed by atoms with Gasteiger partial charge in [0.25, 0.3) is 10.0 Å². The fourth-order valence-corrected chi connectivity index (χ4v) is 4.89. The Kier molecular flexibility index (Phi) is 7.29. The molecule has 0 aliphatic heterocycles. The number of benzene rings is 2. The Hall–Kier alpha value is -3.10. The van der Waals surface area contributed by atoms with Crippen LogP contribution in [-0.4, -0.2) is 39.1 Å². The van der Waals surface area contributed by atoms with Crippen molar-refractivity contribution in [3.05, 3.63) is 78.9 Å². The van der Waals surface area contributed by atoms with Crippen molar-refractivity contribution in [1.29, 1.82) is 0 Å². The molecular formula is C24H28ClN5O2S. The molecule has 2 aromatic heterocycles. The predicted octanol–water partition coefficient (Wildman–Crippen LogP) is -0.00140. The van der Waals surface area contributed by atoms with Gasteiger partial charge in [-0.2, -0.15) is 0 Å². The number of sulfonamides is 1. The van der Waals surface area contributed by atoms with E-state index in [-0.39, 0.29) is 17.3 Å². The van der Waals surface area contributed by atoms with Gasteiger partial charge in [0, 0.05) is 46.0 Å². The topological polar surface area (TPSA) is 62.3 Å². The highest BCUT2D eigenvalue weighted by Gasteiger charge is 2.22. The lowest BCUT2D eigenvalue weighted by atomic mass is 10.3. The standard InChI is InChI=1S/C24H28N5O2S.ClH/c1-26(2)19-12-15-29(16-13-19)17-14-24-25-22-18-21(10-11-23(22)27(24)3)32(30,31)28(4)20-8-6-5-7-9-20;/h5-13,15-16,18H,14,17H2,1-4H3;1H/q+1;/p-1. The molecule has 0 N–H and O–H groups in total. The van der Waals surface area contributed by atoms with Gasteiger partial charge in [0.2, 0.25) is 0 Å². The van der Waals surface area contributed by atoms with Gasteiger partial charge in [0.05, 0.1) is 28.0 Å². The van der Waals surface area contributed by atoms with Crippen molar-refractivity contribution in [3.8, 4) is 0 Å². The third kappa shape index (κ3) is 4.96. The van der Waals surface area contributed by atoms with Crippen LogP contribution in [0.25, 0.3) is 11.0 Å². The van der Waals surface area contributed by atoms with Crippen molar-refractivity contribution < 1.29 is 25.4 Å². The Balaban J connectivity index is 0.00000306. The van der Waals surface area contributed by atoms with Crippen molar-refractivity contribution in [2.24, 2.45) is 7.05 Å². The summed E-state index contributed by atoms with van der Waals surface area (Å²) < 4.78 is 31.7. The van der Waals surface area contributed by atoms with Crippen LogP contribution < -0.4 is 26.2 Å². The minimum absolute atomic E-state index is 0. The highest BCUT2D eigenvalue weighted by Crippen LogP contribution is 2.25. The molecule has 0 saturated carbocycles. The number of para-hydroxylation sites is 1. The Morgan fingerprint density at radius 1 is 0.939 bits per heavy atom. The smallest absolute Gasteiger partial charge is 0.264 e. The van der Waals surface area contributed by atoms with Gasteiger partial charge in [-0.05, 0) is 30.3 Å². The molecule has 7 nitrogen and oxygen atoms in total. The van der Waals surface area contributed by atoms with Gasteiger partial charge in [-0.15, -0.1) is 0 Å². The van der Waals surface area contributed by atoms with Crippen molar-refractivity contribution in [2.45, 2.75) is 17.9 Å². The summed E-state index contributed by atoms with van der Waals surface area (Å²) in [7, 11) is 3.89. The molecular weight excluding hydrogens is 458 g/mol. The molecule has 0 atom stereocenters. The molecule has 9 heteroatoms. The molecule has 33 heavy (non-hydrogen) atoms. The van der Waals surface area contributed by atoms with Crippen LogP contribution in [0.4, 0.5) is 11.4 Å². The van der Waals surface area contributed by atoms with E-state index in [1.165, 1.54) is 4.31 Å². The van der Waals surface area contributed by atoms with Gasteiger partial charge in [-0.25, -0.2) is 18.0 Å². The number of pyridine rings is 1. The third-order valence-corrected chi connectivity index (χ3v) is 7.49. The molecule has 0 bridgehead atoms. The van der Waals surface area contributed by atoms with E-state index in [0.29, 0.717) is 11.2 Å². The van der Waals surface area contributed by atoms with Crippen molar-refractivity contribution in [1.82, 2.24) is 9.55 Å². The number of halogens is 1. The van der Waals surface area contributed by atoms with Crippen LogP contribution in [0.5, 0.6) is 0 Å². The largest absolute Gasteiger partial charge is 1.00 e. The Morgan fingerprint density at radius 2 is 1.61 bits per heavy atom. The van der Waals surface area contributed by atoms with Crippen LogP contribution in [-0.2, 0) is 30.0 Å². The summed E-state index contributed by atoms with van der Waals surface area (Å²) in [6.45, 7) is 0.784. The maximum Gasteiger partial charge on any atom is 0.264 e. The summed E-state index contributed by atoms with van der Waals surface area (Å²) in [4.78, 5) is 7.04. The van der Waals surface area contributed by atoms with Gasteiger partial charge in [-0.1, -0.05) is 18.2 Å². The SMILES string of the molecule is CN(C)c1cc[n+](CCc2nc3cc(S(=O)(=O)N(C)c4ccccc4)ccc3n2C)cc1.[Cl-]. The summed E-state index contributed by atoms with van der Waals surface area (Å²) in [5.74, 6) is 0.912. The van der Waals surface area contributed by atoms with Crippen LogP contribution in [0.3, 0.4) is 0 Å². The number of imidazole rings is 1. The van der Waals surface area contributed by atoms with Gasteiger partial charge in [-0.3, -0.25) is 4.31 Å². The van der Waals surface area contributed by atoms with E-state index in [1.807, 2.05) is 50.0 Å². The Labute approximate surface area is 201 Å². The summed E-state index contributed by atoms with van der Waals surface area (Å²) in [5, 5.41) is 0. The van der Waals surface area contributed by atoms with E-state index in [2.05, 4.69) is 34.0 Å². The molecule has 0 aliphatic rings. The first-order chi connectivity index (χ1) is 15.3. The lowest BCUT2D eigenvalue weighted by Crippen LogP contribution is -3.00. The minimum Gasteiger partial charge on any atom is -1.00 e. The fraction of sp³-hybridized carbons (Fsp3) is 0.250. The van der Waals surface area contributed by atoms with Crippen LogP contribution in [0.2, 0.25) is 0 Å². The predicted molar refractivity (Wildman–Crippen MR) is 127 cm³/mol. The zero-order valence-corrected chi connectivity index (χ0v) is 20.8. The van der Waals surface area contributed by atoms with Gasteiger partial charge < -0.3 is 21.9 Å². The first kappa shape index (κ1) is 24.5. The molecule has 2 aromatic carbocycles. The monoisotopic (exact) mass is 485 g/mol. The minimum atomic E-state index is -3.68. The Bertz CT molecular complexity index is 1340. The molecule has 2 heterocycles. The lowest BCUT2D eigenvalue weighted by molar-refractivity contribution is -0.696. The summed E-state index contributed by atoms with van der Waals surface area (Å²) in [6, 6.07) is 18.4. The van der Waals surface area contributed by atoms with E-state index in [0.717, 1.165) is 30.0 Å². The Morgan fingerprint density at radius 3 is 2.24 bits per heavy atom. The van der Waals surface area contributed by atoms with Crippen molar-refractivity contribution >= 4 is 32.4 Å². The second kappa shape index (κ2) is 9.80. The first-order valence-corrected chi connectivity index (χ1v) is 11.9. The summed E-state index contributed by atoms with van der Waals surface area (Å²) in [5.41, 5.74) is 3.36.